The molecule has 1 saturated heterocycles. The van der Waals surface area contributed by atoms with Gasteiger partial charge in [-0.1, -0.05) is 35.9 Å². The first-order chi connectivity index (χ1) is 17.3. The summed E-state index contributed by atoms with van der Waals surface area (Å²) in [6.45, 7) is 2.97. The molecular formula is C26H25F3N6O. The Hall–Kier alpha value is -3.95. The number of aromatic nitrogens is 4. The molecule has 3 heterocycles. The largest absolute Gasteiger partial charge is 0.416 e. The number of hydrogen-bond donors (Lipinski definition) is 1. The van der Waals surface area contributed by atoms with Gasteiger partial charge in [0.15, 0.2) is 5.65 Å². The number of carbonyl (C=O) groups excluding carboxylic acids is 1. The molecule has 0 radical (unpaired) electrons. The monoisotopic (exact) mass is 494 g/mol. The van der Waals surface area contributed by atoms with Gasteiger partial charge in [-0.25, -0.2) is 14.6 Å². The van der Waals surface area contributed by atoms with E-state index in [1.807, 2.05) is 42.3 Å². The van der Waals surface area contributed by atoms with Gasteiger partial charge in [0.05, 0.1) is 22.6 Å². The lowest BCUT2D eigenvalue weighted by Crippen LogP contribution is -2.43. The zero-order valence-corrected chi connectivity index (χ0v) is 19.7. The number of rotatable bonds is 5. The highest BCUT2D eigenvalue weighted by Gasteiger charge is 2.33. The smallest absolute Gasteiger partial charge is 0.355 e. The van der Waals surface area contributed by atoms with Gasteiger partial charge in [-0.15, -0.1) is 5.10 Å². The van der Waals surface area contributed by atoms with Gasteiger partial charge in [0.25, 0.3) is 0 Å². The van der Waals surface area contributed by atoms with Crippen LogP contribution in [0.2, 0.25) is 0 Å². The number of halogens is 3. The third kappa shape index (κ3) is 4.89. The molecule has 0 aliphatic carbocycles. The average molecular weight is 495 g/mol. The van der Waals surface area contributed by atoms with E-state index in [1.165, 1.54) is 24.5 Å². The second-order valence-electron chi connectivity index (χ2n) is 9.00. The lowest BCUT2D eigenvalue weighted by atomic mass is 9.96. The Bertz CT molecular complexity index is 1380. The number of nitrogens with one attached hydrogen (secondary N) is 1. The molecule has 36 heavy (non-hydrogen) atoms. The summed E-state index contributed by atoms with van der Waals surface area (Å²) in [4.78, 5) is 23.7. The number of amides is 1. The first-order valence-electron chi connectivity index (χ1n) is 11.7. The van der Waals surface area contributed by atoms with E-state index in [4.69, 9.17) is 0 Å². The fraction of sp³-hybridized carbons (Fsp3) is 0.308. The van der Waals surface area contributed by atoms with Gasteiger partial charge in [-0.3, -0.25) is 4.79 Å². The Kier molecular flexibility index (Phi) is 6.34. The predicted octanol–water partition coefficient (Wildman–Crippen LogP) is 4.68. The van der Waals surface area contributed by atoms with Crippen LogP contribution in [0.5, 0.6) is 0 Å². The molecule has 2 aromatic heterocycles. The van der Waals surface area contributed by atoms with Crippen LogP contribution >= 0.6 is 0 Å². The molecule has 0 bridgehead atoms. The van der Waals surface area contributed by atoms with E-state index in [9.17, 15) is 18.0 Å². The Labute approximate surface area is 206 Å². The first-order valence-corrected chi connectivity index (χ1v) is 11.7. The van der Waals surface area contributed by atoms with Gasteiger partial charge in [-0.05, 0) is 43.5 Å². The van der Waals surface area contributed by atoms with Gasteiger partial charge in [0.2, 0.25) is 5.91 Å². The maximum atomic E-state index is 13.3. The highest BCUT2D eigenvalue weighted by atomic mass is 19.4. The van der Waals surface area contributed by atoms with E-state index < -0.39 is 11.7 Å². The summed E-state index contributed by atoms with van der Waals surface area (Å²) in [5.74, 6) is 0.0598. The second-order valence-corrected chi connectivity index (χ2v) is 9.00. The van der Waals surface area contributed by atoms with Crippen molar-refractivity contribution in [3.8, 4) is 5.69 Å². The number of hydrogen-bond acceptors (Lipinski definition) is 5. The highest BCUT2D eigenvalue weighted by molar-refractivity contribution is 5.87. The normalized spacial score (nSPS) is 16.3. The minimum atomic E-state index is -4.47. The maximum absolute atomic E-state index is 13.3. The summed E-state index contributed by atoms with van der Waals surface area (Å²) in [5.41, 5.74) is 1.92. The van der Waals surface area contributed by atoms with E-state index in [-0.39, 0.29) is 23.9 Å². The van der Waals surface area contributed by atoms with Crippen molar-refractivity contribution < 1.29 is 18.0 Å². The quantitative estimate of drug-likeness (QED) is 0.436. The third-order valence-electron chi connectivity index (χ3n) is 6.46. The molecule has 2 aromatic carbocycles. The summed E-state index contributed by atoms with van der Waals surface area (Å²) in [6, 6.07) is 13.3. The van der Waals surface area contributed by atoms with E-state index in [2.05, 4.69) is 20.4 Å². The molecule has 1 aliphatic rings. The summed E-state index contributed by atoms with van der Waals surface area (Å²) < 4.78 is 41.6. The minimum absolute atomic E-state index is 0.0482. The van der Waals surface area contributed by atoms with Crippen LogP contribution in [0.1, 0.15) is 29.5 Å². The van der Waals surface area contributed by atoms with Crippen LogP contribution in [-0.4, -0.2) is 38.7 Å². The van der Waals surface area contributed by atoms with Gasteiger partial charge in [0.1, 0.15) is 12.1 Å². The molecule has 10 heteroatoms. The predicted molar refractivity (Wildman–Crippen MR) is 130 cm³/mol. The van der Waals surface area contributed by atoms with Crippen molar-refractivity contribution in [1.82, 2.24) is 25.1 Å². The van der Waals surface area contributed by atoms with Gasteiger partial charge >= 0.3 is 6.18 Å². The zero-order valence-electron chi connectivity index (χ0n) is 19.7. The first kappa shape index (κ1) is 23.8. The number of anilines is 1. The minimum Gasteiger partial charge on any atom is -0.355 e. The Morgan fingerprint density at radius 3 is 2.67 bits per heavy atom. The van der Waals surface area contributed by atoms with Crippen LogP contribution in [0.4, 0.5) is 19.0 Å². The van der Waals surface area contributed by atoms with E-state index in [0.29, 0.717) is 31.0 Å². The number of carbonyl (C=O) groups is 1. The van der Waals surface area contributed by atoms with Gasteiger partial charge in [0, 0.05) is 25.8 Å². The average Bonchev–Trinajstić information content (AvgIpc) is 3.32. The lowest BCUT2D eigenvalue weighted by molar-refractivity contribution is -0.138. The van der Waals surface area contributed by atoms with Crippen LogP contribution in [0, 0.1) is 12.8 Å². The zero-order chi connectivity index (χ0) is 25.3. The van der Waals surface area contributed by atoms with E-state index >= 15 is 0 Å². The van der Waals surface area contributed by atoms with Gasteiger partial charge in [-0.2, -0.15) is 13.2 Å². The number of benzene rings is 2. The lowest BCUT2D eigenvalue weighted by Gasteiger charge is -2.33. The summed E-state index contributed by atoms with van der Waals surface area (Å²) in [7, 11) is 0. The van der Waals surface area contributed by atoms with E-state index in [0.717, 1.165) is 29.1 Å². The molecule has 1 aliphatic heterocycles. The number of alkyl halides is 3. The maximum Gasteiger partial charge on any atom is 0.416 e. The van der Waals surface area contributed by atoms with Crippen LogP contribution in [0.25, 0.3) is 16.7 Å². The molecule has 186 valence electrons. The number of fused-ring (bicyclic) bond motifs is 1. The van der Waals surface area contributed by atoms with Crippen molar-refractivity contribution in [2.45, 2.75) is 32.5 Å². The molecule has 1 amide bonds. The molecule has 1 N–H and O–H groups in total. The van der Waals surface area contributed by atoms with Crippen molar-refractivity contribution >= 4 is 22.8 Å². The summed E-state index contributed by atoms with van der Waals surface area (Å²) in [6.07, 6.45) is 0.286. The van der Waals surface area contributed by atoms with Crippen LogP contribution in [-0.2, 0) is 17.5 Å². The molecule has 0 saturated carbocycles. The molecule has 1 fully saturated rings. The second kappa shape index (κ2) is 9.60. The molecule has 5 rings (SSSR count). The molecule has 0 unspecified atom stereocenters. The summed E-state index contributed by atoms with van der Waals surface area (Å²) >= 11 is 0. The van der Waals surface area contributed by atoms with Crippen molar-refractivity contribution in [3.05, 3.63) is 77.7 Å². The van der Waals surface area contributed by atoms with Crippen LogP contribution in [0.3, 0.4) is 0 Å². The van der Waals surface area contributed by atoms with Crippen LogP contribution in [0.15, 0.2) is 61.1 Å². The van der Waals surface area contributed by atoms with Crippen molar-refractivity contribution in [3.63, 3.8) is 0 Å². The Morgan fingerprint density at radius 1 is 1.11 bits per heavy atom. The Balaban J connectivity index is 1.32. The fourth-order valence-corrected chi connectivity index (χ4v) is 4.57. The van der Waals surface area contributed by atoms with Crippen molar-refractivity contribution in [1.29, 1.82) is 0 Å². The molecule has 0 spiro atoms. The van der Waals surface area contributed by atoms with Crippen LogP contribution < -0.4 is 10.2 Å². The fourth-order valence-electron chi connectivity index (χ4n) is 4.57. The molecule has 7 nitrogen and oxygen atoms in total. The van der Waals surface area contributed by atoms with E-state index in [1.54, 1.807) is 4.68 Å². The number of nitrogens with zero attached hydrogens (tertiary/aromatic N) is 5. The highest BCUT2D eigenvalue weighted by Crippen LogP contribution is 2.32. The van der Waals surface area contributed by atoms with Crippen molar-refractivity contribution in [2.24, 2.45) is 5.92 Å². The number of aryl methyl sites for hydroxylation is 1. The molecule has 4 aromatic rings. The third-order valence-corrected chi connectivity index (χ3v) is 6.46. The Morgan fingerprint density at radius 2 is 1.89 bits per heavy atom. The topological polar surface area (TPSA) is 75.9 Å². The number of piperidine rings is 1. The summed E-state index contributed by atoms with van der Waals surface area (Å²) in [5, 5.41) is 8.06. The SMILES string of the molecule is Cc1ccc(-n2cc3c(N4CCC[C@H](C(=O)NCc5ccccc5C(F)(F)F)C4)ncnc3n2)cc1. The standard InChI is InChI=1S/C26H25F3N6O/c1-17-8-10-20(11-9-17)35-15-21-23(33-35)31-16-32-24(21)34-12-4-6-19(14-34)25(36)30-13-18-5-2-3-7-22(18)26(27,28)29/h2-3,5,7-11,15-16,19H,4,6,12-14H2,1H3,(H,30,36)/t19-/m0/s1. The van der Waals surface area contributed by atoms with Crippen molar-refractivity contribution in [2.75, 3.05) is 18.0 Å². The molecule has 1 atom stereocenters. The molecular weight excluding hydrogens is 469 g/mol. The van der Waals surface area contributed by atoms with Gasteiger partial charge < -0.3 is 10.2 Å².